The lowest BCUT2D eigenvalue weighted by atomic mass is 10.2. The highest BCUT2D eigenvalue weighted by molar-refractivity contribution is 9.10. The zero-order chi connectivity index (χ0) is 13.4. The molecule has 0 aliphatic carbocycles. The molecule has 0 amide bonds. The smallest absolute Gasteiger partial charge is 0.351 e. The normalized spacial score (nSPS) is 31.8. The molecule has 100 valence electrons. The summed E-state index contributed by atoms with van der Waals surface area (Å²) in [7, 11) is 0. The van der Waals surface area contributed by atoms with Gasteiger partial charge in [-0.3, -0.25) is 4.57 Å². The Morgan fingerprint density at radius 3 is 2.89 bits per heavy atom. The second kappa shape index (κ2) is 5.14. The highest BCUT2D eigenvalue weighted by Gasteiger charge is 2.43. The number of aromatic nitrogens is 2. The summed E-state index contributed by atoms with van der Waals surface area (Å²) in [6.07, 6.45) is -1.42. The van der Waals surface area contributed by atoms with Gasteiger partial charge in [-0.05, 0) is 15.9 Å². The summed E-state index contributed by atoms with van der Waals surface area (Å²) in [5.74, 6) is 0.0552. The van der Waals surface area contributed by atoms with Gasteiger partial charge >= 0.3 is 5.69 Å². The average molecular weight is 341 g/mol. The van der Waals surface area contributed by atoms with Gasteiger partial charge in [-0.1, -0.05) is 0 Å². The van der Waals surface area contributed by atoms with Crippen LogP contribution in [0.1, 0.15) is 6.23 Å². The van der Waals surface area contributed by atoms with E-state index in [1.165, 1.54) is 6.20 Å². The lowest BCUT2D eigenvalue weighted by Crippen LogP contribution is -2.33. The van der Waals surface area contributed by atoms with E-state index in [9.17, 15) is 9.90 Å². The van der Waals surface area contributed by atoms with Crippen LogP contribution in [-0.4, -0.2) is 44.0 Å². The molecule has 7 nitrogen and oxygen atoms in total. The van der Waals surface area contributed by atoms with Gasteiger partial charge in [0.15, 0.2) is 6.23 Å². The molecule has 2 rings (SSSR count). The zero-order valence-corrected chi connectivity index (χ0v) is 11.4. The van der Waals surface area contributed by atoms with Gasteiger partial charge in [-0.2, -0.15) is 4.98 Å². The van der Waals surface area contributed by atoms with Crippen molar-refractivity contribution >= 4 is 33.3 Å². The van der Waals surface area contributed by atoms with Crippen molar-refractivity contribution in [2.45, 2.75) is 23.8 Å². The first-order valence-electron chi connectivity index (χ1n) is 5.08. The fourth-order valence-electron chi connectivity index (χ4n) is 1.72. The van der Waals surface area contributed by atoms with Crippen LogP contribution in [0.5, 0.6) is 0 Å². The average Bonchev–Trinajstić information content (AvgIpc) is 2.61. The minimum atomic E-state index is -1.06. The molecule has 1 aliphatic rings. The molecule has 4 atom stereocenters. The van der Waals surface area contributed by atoms with E-state index in [0.717, 1.165) is 4.57 Å². The molecule has 1 aromatic heterocycles. The lowest BCUT2D eigenvalue weighted by Gasteiger charge is -2.17. The molecule has 1 aromatic rings. The van der Waals surface area contributed by atoms with E-state index in [4.69, 9.17) is 27.2 Å². The second-order valence-corrected chi connectivity index (χ2v) is 5.20. The maximum atomic E-state index is 11.7. The van der Waals surface area contributed by atoms with Crippen molar-refractivity contribution in [1.29, 1.82) is 0 Å². The molecule has 9 heteroatoms. The van der Waals surface area contributed by atoms with Gasteiger partial charge in [0.05, 0.1) is 11.1 Å². The molecule has 0 unspecified atom stereocenters. The minimum Gasteiger partial charge on any atom is -0.394 e. The Bertz CT molecular complexity index is 511. The number of rotatable bonds is 2. The van der Waals surface area contributed by atoms with E-state index in [1.807, 2.05) is 0 Å². The van der Waals surface area contributed by atoms with Crippen LogP contribution in [0.15, 0.2) is 15.5 Å². The summed E-state index contributed by atoms with van der Waals surface area (Å²) in [5.41, 5.74) is 4.83. The maximum Gasteiger partial charge on any atom is 0.351 e. The third kappa shape index (κ3) is 2.26. The van der Waals surface area contributed by atoms with Gasteiger partial charge in [0.25, 0.3) is 0 Å². The number of hydrogen-bond acceptors (Lipinski definition) is 6. The van der Waals surface area contributed by atoms with Gasteiger partial charge in [-0.25, -0.2) is 4.79 Å². The third-order valence-corrected chi connectivity index (χ3v) is 3.77. The van der Waals surface area contributed by atoms with Crippen molar-refractivity contribution in [3.8, 4) is 0 Å². The molecule has 0 saturated carbocycles. The highest BCUT2D eigenvalue weighted by atomic mass is 79.9. The number of aliphatic hydroxyl groups is 2. The second-order valence-electron chi connectivity index (χ2n) is 3.85. The molecule has 1 fully saturated rings. The highest BCUT2D eigenvalue weighted by Crippen LogP contribution is 2.33. The van der Waals surface area contributed by atoms with Gasteiger partial charge in [-0.15, -0.1) is 11.6 Å². The van der Waals surface area contributed by atoms with Gasteiger partial charge in [0.2, 0.25) is 0 Å². The summed E-state index contributed by atoms with van der Waals surface area (Å²) in [6, 6.07) is 0. The van der Waals surface area contributed by atoms with E-state index < -0.39 is 29.5 Å². The minimum absolute atomic E-state index is 0.0552. The van der Waals surface area contributed by atoms with E-state index in [2.05, 4.69) is 20.9 Å². The Morgan fingerprint density at radius 2 is 2.33 bits per heavy atom. The number of anilines is 1. The molecule has 0 radical (unpaired) electrons. The first-order chi connectivity index (χ1) is 8.45. The summed E-state index contributed by atoms with van der Waals surface area (Å²) in [5, 5.41) is 17.9. The Morgan fingerprint density at radius 1 is 1.67 bits per heavy atom. The molecular formula is C9H11BrClN3O4. The van der Waals surface area contributed by atoms with Crippen molar-refractivity contribution in [2.75, 3.05) is 12.3 Å². The third-order valence-electron chi connectivity index (χ3n) is 2.68. The van der Waals surface area contributed by atoms with E-state index in [0.29, 0.717) is 4.47 Å². The SMILES string of the molecule is Nc1nc(=O)n([C@@H]2O[C@H](CO)[C@@H](O)[C@@H]2Cl)cc1Br. The first kappa shape index (κ1) is 13.8. The van der Waals surface area contributed by atoms with E-state index in [-0.39, 0.29) is 12.4 Å². The molecular weight excluding hydrogens is 329 g/mol. The Hall–Kier alpha value is -0.670. The molecule has 18 heavy (non-hydrogen) atoms. The fourth-order valence-corrected chi connectivity index (χ4v) is 2.37. The maximum absolute atomic E-state index is 11.7. The predicted molar refractivity (Wildman–Crippen MR) is 67.3 cm³/mol. The van der Waals surface area contributed by atoms with Crippen LogP contribution in [0.2, 0.25) is 0 Å². The molecule has 4 N–H and O–H groups in total. The number of nitrogen functional groups attached to an aromatic ring is 1. The topological polar surface area (TPSA) is 111 Å². The van der Waals surface area contributed by atoms with Crippen LogP contribution < -0.4 is 11.4 Å². The molecule has 1 saturated heterocycles. The quantitative estimate of drug-likeness (QED) is 0.623. The number of nitrogens with zero attached hydrogens (tertiary/aromatic N) is 2. The molecule has 0 spiro atoms. The van der Waals surface area contributed by atoms with Gasteiger partial charge < -0.3 is 20.7 Å². The Kier molecular flexibility index (Phi) is 3.93. The Labute approximate surface area is 115 Å². The van der Waals surface area contributed by atoms with Crippen molar-refractivity contribution in [3.05, 3.63) is 21.2 Å². The molecule has 2 heterocycles. The number of nitrogens with two attached hydrogens (primary N) is 1. The summed E-state index contributed by atoms with van der Waals surface area (Å²) in [4.78, 5) is 15.3. The van der Waals surface area contributed by atoms with Crippen molar-refractivity contribution in [1.82, 2.24) is 9.55 Å². The van der Waals surface area contributed by atoms with Crippen LogP contribution in [0.25, 0.3) is 0 Å². The zero-order valence-electron chi connectivity index (χ0n) is 9.03. The summed E-state index contributed by atoms with van der Waals surface area (Å²) >= 11 is 9.12. The van der Waals surface area contributed by atoms with Gasteiger partial charge in [0, 0.05) is 6.20 Å². The number of hydrogen-bond donors (Lipinski definition) is 3. The first-order valence-corrected chi connectivity index (χ1v) is 6.31. The number of ether oxygens (including phenoxy) is 1. The lowest BCUT2D eigenvalue weighted by molar-refractivity contribution is -0.0457. The van der Waals surface area contributed by atoms with Crippen LogP contribution in [0.4, 0.5) is 5.82 Å². The standard InChI is InChI=1S/C9H11BrClN3O4/c10-3-1-14(9(17)13-7(3)12)8-5(11)6(16)4(2-15)18-8/h1,4-6,8,15-16H,2H2,(H2,12,13,17)/t4-,5+,6-,8-/m1/s1. The predicted octanol–water partition coefficient (Wildman–Crippen LogP) is -0.554. The number of aliphatic hydroxyl groups excluding tert-OH is 2. The van der Waals surface area contributed by atoms with Crippen LogP contribution in [-0.2, 0) is 4.74 Å². The van der Waals surface area contributed by atoms with Crippen molar-refractivity contribution < 1.29 is 14.9 Å². The van der Waals surface area contributed by atoms with E-state index in [1.54, 1.807) is 0 Å². The van der Waals surface area contributed by atoms with Gasteiger partial charge in [0.1, 0.15) is 23.4 Å². The van der Waals surface area contributed by atoms with Crippen molar-refractivity contribution in [2.24, 2.45) is 0 Å². The number of alkyl halides is 1. The van der Waals surface area contributed by atoms with Crippen molar-refractivity contribution in [3.63, 3.8) is 0 Å². The van der Waals surface area contributed by atoms with Crippen LogP contribution in [0.3, 0.4) is 0 Å². The number of halogens is 2. The largest absolute Gasteiger partial charge is 0.394 e. The Balaban J connectivity index is 2.39. The van der Waals surface area contributed by atoms with Crippen LogP contribution >= 0.6 is 27.5 Å². The molecule has 0 aromatic carbocycles. The van der Waals surface area contributed by atoms with Crippen LogP contribution in [0, 0.1) is 0 Å². The molecule has 1 aliphatic heterocycles. The fraction of sp³-hybridized carbons (Fsp3) is 0.556. The molecule has 0 bridgehead atoms. The summed E-state index contributed by atoms with van der Waals surface area (Å²) in [6.45, 7) is -0.390. The summed E-state index contributed by atoms with van der Waals surface area (Å²) < 4.78 is 6.86. The monoisotopic (exact) mass is 339 g/mol. The van der Waals surface area contributed by atoms with E-state index >= 15 is 0 Å².